The molecule has 1 aromatic carbocycles. The molecule has 0 saturated carbocycles. The van der Waals surface area contributed by atoms with E-state index in [4.69, 9.17) is 4.74 Å². The van der Waals surface area contributed by atoms with Gasteiger partial charge in [0.15, 0.2) is 0 Å². The van der Waals surface area contributed by atoms with Crippen molar-refractivity contribution in [1.29, 1.82) is 0 Å². The number of rotatable bonds is 6. The SMILES string of the molecule is CCOC(=O)CCN(C)S(=O)(=O)c1cccc(O)c1. The van der Waals surface area contributed by atoms with E-state index in [0.29, 0.717) is 0 Å². The Hall–Kier alpha value is -1.60. The molecule has 0 amide bonds. The maximum absolute atomic E-state index is 12.1. The fourth-order valence-corrected chi connectivity index (χ4v) is 2.64. The van der Waals surface area contributed by atoms with Crippen LogP contribution in [0, 0.1) is 0 Å². The van der Waals surface area contributed by atoms with Crippen LogP contribution >= 0.6 is 0 Å². The van der Waals surface area contributed by atoms with E-state index in [2.05, 4.69) is 0 Å². The summed E-state index contributed by atoms with van der Waals surface area (Å²) in [6, 6.07) is 5.38. The molecular weight excluding hydrogens is 270 g/mol. The van der Waals surface area contributed by atoms with E-state index in [-0.39, 0.29) is 30.2 Å². The summed E-state index contributed by atoms with van der Waals surface area (Å²) in [5, 5.41) is 9.29. The van der Waals surface area contributed by atoms with Crippen LogP contribution in [0.1, 0.15) is 13.3 Å². The largest absolute Gasteiger partial charge is 0.508 e. The molecule has 7 heteroatoms. The van der Waals surface area contributed by atoms with Crippen molar-refractivity contribution in [1.82, 2.24) is 4.31 Å². The molecule has 106 valence electrons. The van der Waals surface area contributed by atoms with Gasteiger partial charge in [-0.25, -0.2) is 12.7 Å². The lowest BCUT2D eigenvalue weighted by molar-refractivity contribution is -0.143. The number of nitrogens with zero attached hydrogens (tertiary/aromatic N) is 1. The van der Waals surface area contributed by atoms with Crippen LogP contribution in [0.15, 0.2) is 29.2 Å². The maximum atomic E-state index is 12.1. The molecule has 0 radical (unpaired) electrons. The molecule has 0 fully saturated rings. The fraction of sp³-hybridized carbons (Fsp3) is 0.417. The van der Waals surface area contributed by atoms with E-state index in [1.807, 2.05) is 0 Å². The molecule has 0 heterocycles. The van der Waals surface area contributed by atoms with Crippen molar-refractivity contribution in [2.24, 2.45) is 0 Å². The quantitative estimate of drug-likeness (QED) is 0.788. The fourth-order valence-electron chi connectivity index (χ4n) is 1.43. The predicted molar refractivity (Wildman–Crippen MR) is 69.2 cm³/mol. The van der Waals surface area contributed by atoms with Crippen LogP contribution in [-0.2, 0) is 19.6 Å². The second-order valence-corrected chi connectivity index (χ2v) is 5.92. The molecule has 0 aliphatic rings. The molecule has 0 saturated heterocycles. The molecule has 1 aromatic rings. The lowest BCUT2D eigenvalue weighted by Gasteiger charge is -2.16. The lowest BCUT2D eigenvalue weighted by atomic mass is 10.3. The smallest absolute Gasteiger partial charge is 0.307 e. The van der Waals surface area contributed by atoms with Gasteiger partial charge in [0, 0.05) is 13.6 Å². The van der Waals surface area contributed by atoms with Gasteiger partial charge in [-0.15, -0.1) is 0 Å². The second-order valence-electron chi connectivity index (χ2n) is 3.88. The molecule has 0 spiro atoms. The molecule has 1 N–H and O–H groups in total. The van der Waals surface area contributed by atoms with Gasteiger partial charge in [-0.3, -0.25) is 4.79 Å². The third-order valence-electron chi connectivity index (χ3n) is 2.46. The van der Waals surface area contributed by atoms with Crippen molar-refractivity contribution in [3.05, 3.63) is 24.3 Å². The first-order valence-corrected chi connectivity index (χ1v) is 7.23. The Bertz CT molecular complexity index is 541. The first-order chi connectivity index (χ1) is 8.87. The van der Waals surface area contributed by atoms with Crippen molar-refractivity contribution in [2.45, 2.75) is 18.2 Å². The van der Waals surface area contributed by atoms with Crippen LogP contribution in [0.25, 0.3) is 0 Å². The van der Waals surface area contributed by atoms with Gasteiger partial charge in [0.2, 0.25) is 10.0 Å². The van der Waals surface area contributed by atoms with Crippen molar-refractivity contribution in [3.63, 3.8) is 0 Å². The van der Waals surface area contributed by atoms with Crippen molar-refractivity contribution < 1.29 is 23.1 Å². The van der Waals surface area contributed by atoms with Crippen LogP contribution in [0.5, 0.6) is 5.75 Å². The van der Waals surface area contributed by atoms with E-state index >= 15 is 0 Å². The zero-order valence-electron chi connectivity index (χ0n) is 10.9. The van der Waals surface area contributed by atoms with Gasteiger partial charge in [0.25, 0.3) is 0 Å². The molecule has 6 nitrogen and oxygen atoms in total. The Balaban J connectivity index is 2.75. The van der Waals surface area contributed by atoms with Crippen molar-refractivity contribution in [2.75, 3.05) is 20.2 Å². The van der Waals surface area contributed by atoms with Crippen LogP contribution in [0.4, 0.5) is 0 Å². The number of aromatic hydroxyl groups is 1. The molecule has 1 rings (SSSR count). The number of phenolic OH excluding ortho intramolecular Hbond substituents is 1. The van der Waals surface area contributed by atoms with E-state index in [9.17, 15) is 18.3 Å². The number of carbonyl (C=O) groups excluding carboxylic acids is 1. The molecule has 0 aliphatic heterocycles. The number of hydrogen-bond donors (Lipinski definition) is 1. The summed E-state index contributed by atoms with van der Waals surface area (Å²) < 4.78 is 30.0. The number of carbonyl (C=O) groups is 1. The Morgan fingerprint density at radius 1 is 1.42 bits per heavy atom. The first-order valence-electron chi connectivity index (χ1n) is 5.79. The first kappa shape index (κ1) is 15.5. The molecule has 0 atom stereocenters. The topological polar surface area (TPSA) is 83.9 Å². The number of esters is 1. The highest BCUT2D eigenvalue weighted by Crippen LogP contribution is 2.19. The normalized spacial score (nSPS) is 11.5. The summed E-state index contributed by atoms with van der Waals surface area (Å²) in [4.78, 5) is 11.2. The summed E-state index contributed by atoms with van der Waals surface area (Å²) in [7, 11) is -2.33. The number of ether oxygens (including phenoxy) is 1. The van der Waals surface area contributed by atoms with Gasteiger partial charge in [-0.2, -0.15) is 0 Å². The van der Waals surface area contributed by atoms with Gasteiger partial charge >= 0.3 is 5.97 Å². The molecule has 0 unspecified atom stereocenters. The summed E-state index contributed by atoms with van der Waals surface area (Å²) in [5.41, 5.74) is 0. The maximum Gasteiger partial charge on any atom is 0.307 e. The minimum Gasteiger partial charge on any atom is -0.508 e. The summed E-state index contributed by atoms with van der Waals surface area (Å²) in [6.45, 7) is 1.98. The van der Waals surface area contributed by atoms with Crippen LogP contribution in [0.3, 0.4) is 0 Å². The van der Waals surface area contributed by atoms with E-state index < -0.39 is 16.0 Å². The second kappa shape index (κ2) is 6.53. The number of hydrogen-bond acceptors (Lipinski definition) is 5. The van der Waals surface area contributed by atoms with Gasteiger partial charge in [0.05, 0.1) is 17.9 Å². The van der Waals surface area contributed by atoms with E-state index in [1.165, 1.54) is 25.2 Å². The standard InChI is InChI=1S/C12H17NO5S/c1-3-18-12(15)7-8-13(2)19(16,17)11-6-4-5-10(14)9-11/h4-6,9,14H,3,7-8H2,1-2H3. The monoisotopic (exact) mass is 287 g/mol. The zero-order valence-corrected chi connectivity index (χ0v) is 11.7. The third kappa shape index (κ3) is 4.22. The summed E-state index contributed by atoms with van der Waals surface area (Å²) in [6.07, 6.45) is -0.0115. The predicted octanol–water partition coefficient (Wildman–Crippen LogP) is 0.966. The molecule has 0 aliphatic carbocycles. The number of benzene rings is 1. The zero-order chi connectivity index (χ0) is 14.5. The summed E-state index contributed by atoms with van der Waals surface area (Å²) >= 11 is 0. The van der Waals surface area contributed by atoms with Crippen molar-refractivity contribution >= 4 is 16.0 Å². The number of phenols is 1. The van der Waals surface area contributed by atoms with Crippen LogP contribution in [0.2, 0.25) is 0 Å². The molecule has 0 bridgehead atoms. The highest BCUT2D eigenvalue weighted by Gasteiger charge is 2.21. The summed E-state index contributed by atoms with van der Waals surface area (Å²) in [5.74, 6) is -0.569. The Labute approximate surface area is 112 Å². The number of sulfonamides is 1. The van der Waals surface area contributed by atoms with E-state index in [0.717, 1.165) is 10.4 Å². The van der Waals surface area contributed by atoms with E-state index in [1.54, 1.807) is 6.92 Å². The Kier molecular flexibility index (Phi) is 5.31. The highest BCUT2D eigenvalue weighted by atomic mass is 32.2. The third-order valence-corrected chi connectivity index (χ3v) is 4.31. The molecular formula is C12H17NO5S. The van der Waals surface area contributed by atoms with Crippen LogP contribution in [-0.4, -0.2) is 44.0 Å². The minimum atomic E-state index is -3.71. The van der Waals surface area contributed by atoms with Gasteiger partial charge in [-0.05, 0) is 25.1 Å². The lowest BCUT2D eigenvalue weighted by Crippen LogP contribution is -2.29. The molecule has 19 heavy (non-hydrogen) atoms. The van der Waals surface area contributed by atoms with Gasteiger partial charge < -0.3 is 9.84 Å². The van der Waals surface area contributed by atoms with Crippen LogP contribution < -0.4 is 0 Å². The average Bonchev–Trinajstić information content (AvgIpc) is 2.36. The van der Waals surface area contributed by atoms with Gasteiger partial charge in [-0.1, -0.05) is 6.07 Å². The average molecular weight is 287 g/mol. The Morgan fingerprint density at radius 3 is 2.68 bits per heavy atom. The Morgan fingerprint density at radius 2 is 2.11 bits per heavy atom. The minimum absolute atomic E-state index is 0.0115. The highest BCUT2D eigenvalue weighted by molar-refractivity contribution is 7.89. The molecule has 0 aromatic heterocycles. The van der Waals surface area contributed by atoms with Gasteiger partial charge in [0.1, 0.15) is 5.75 Å². The van der Waals surface area contributed by atoms with Crippen molar-refractivity contribution in [3.8, 4) is 5.75 Å².